The summed E-state index contributed by atoms with van der Waals surface area (Å²) in [7, 11) is 0. The molecule has 2 N–H and O–H groups in total. The van der Waals surface area contributed by atoms with Gasteiger partial charge in [-0.2, -0.15) is 5.43 Å². The monoisotopic (exact) mass is 229 g/mol. The SMILES string of the molecule is CCCCCCN[NH+](CCCC)CCCC. The highest BCUT2D eigenvalue weighted by Gasteiger charge is 2.05. The molecule has 0 atom stereocenters. The van der Waals surface area contributed by atoms with Crippen molar-refractivity contribution in [3.63, 3.8) is 0 Å². The summed E-state index contributed by atoms with van der Waals surface area (Å²) in [5, 5.41) is 1.61. The van der Waals surface area contributed by atoms with Crippen LogP contribution in [0, 0.1) is 0 Å². The second-order valence-corrected chi connectivity index (χ2v) is 4.80. The Hall–Kier alpha value is -0.0800. The first kappa shape index (κ1) is 15.9. The van der Waals surface area contributed by atoms with Gasteiger partial charge < -0.3 is 0 Å². The minimum Gasteiger partial charge on any atom is -0.257 e. The van der Waals surface area contributed by atoms with E-state index in [2.05, 4.69) is 26.2 Å². The van der Waals surface area contributed by atoms with Gasteiger partial charge in [-0.25, -0.2) is 0 Å². The highest BCUT2D eigenvalue weighted by atomic mass is 15.5. The molecule has 0 radical (unpaired) electrons. The molecule has 0 amide bonds. The van der Waals surface area contributed by atoms with E-state index in [1.807, 2.05) is 0 Å². The number of unbranched alkanes of at least 4 members (excludes halogenated alkanes) is 5. The van der Waals surface area contributed by atoms with Crippen molar-refractivity contribution in [3.05, 3.63) is 0 Å². The molecule has 0 saturated carbocycles. The Bertz CT molecular complexity index is 118. The maximum Gasteiger partial charge on any atom is 0.0945 e. The van der Waals surface area contributed by atoms with Crippen LogP contribution in [-0.2, 0) is 0 Å². The molecule has 0 aromatic rings. The largest absolute Gasteiger partial charge is 0.257 e. The number of quaternary nitrogens is 1. The highest BCUT2D eigenvalue weighted by molar-refractivity contribution is 4.41. The van der Waals surface area contributed by atoms with Crippen LogP contribution < -0.4 is 10.4 Å². The Morgan fingerprint density at radius 3 is 1.75 bits per heavy atom. The average Bonchev–Trinajstić information content (AvgIpc) is 2.31. The molecule has 0 aromatic heterocycles. The van der Waals surface area contributed by atoms with Gasteiger partial charge in [0.25, 0.3) is 0 Å². The van der Waals surface area contributed by atoms with E-state index >= 15 is 0 Å². The lowest BCUT2D eigenvalue weighted by Gasteiger charge is -2.19. The van der Waals surface area contributed by atoms with Crippen molar-refractivity contribution in [2.24, 2.45) is 0 Å². The summed E-state index contributed by atoms with van der Waals surface area (Å²) in [6.07, 6.45) is 10.8. The molecule has 2 nitrogen and oxygen atoms in total. The zero-order chi connectivity index (χ0) is 12.1. The van der Waals surface area contributed by atoms with Gasteiger partial charge >= 0.3 is 0 Å². The van der Waals surface area contributed by atoms with E-state index in [1.165, 1.54) is 71.0 Å². The van der Waals surface area contributed by atoms with Gasteiger partial charge in [0.05, 0.1) is 13.1 Å². The van der Waals surface area contributed by atoms with Crippen molar-refractivity contribution in [1.82, 2.24) is 5.43 Å². The van der Waals surface area contributed by atoms with E-state index in [0.29, 0.717) is 0 Å². The summed E-state index contributed by atoms with van der Waals surface area (Å²) in [6, 6.07) is 0. The van der Waals surface area contributed by atoms with Crippen molar-refractivity contribution < 1.29 is 5.01 Å². The molecule has 0 fully saturated rings. The molecule has 0 bridgehead atoms. The van der Waals surface area contributed by atoms with Crippen LogP contribution >= 0.6 is 0 Å². The summed E-state index contributed by atoms with van der Waals surface area (Å²) in [5.74, 6) is 0. The molecular weight excluding hydrogens is 196 g/mol. The summed E-state index contributed by atoms with van der Waals surface area (Å²) in [4.78, 5) is 0. The van der Waals surface area contributed by atoms with Crippen molar-refractivity contribution in [2.45, 2.75) is 72.1 Å². The van der Waals surface area contributed by atoms with Gasteiger partial charge in [0.2, 0.25) is 0 Å². The van der Waals surface area contributed by atoms with Crippen LogP contribution in [0.15, 0.2) is 0 Å². The maximum atomic E-state index is 3.66. The Labute approximate surface area is 103 Å². The first-order valence-electron chi connectivity index (χ1n) is 7.43. The molecule has 16 heavy (non-hydrogen) atoms. The molecule has 0 unspecified atom stereocenters. The van der Waals surface area contributed by atoms with Gasteiger partial charge in [0.15, 0.2) is 0 Å². The van der Waals surface area contributed by atoms with E-state index in [-0.39, 0.29) is 0 Å². The standard InChI is InChI=1S/C14H32N2/c1-4-7-10-11-12-15-16(13-8-5-2)14-9-6-3/h15H,4-14H2,1-3H3/p+1. The Morgan fingerprint density at radius 2 is 1.25 bits per heavy atom. The van der Waals surface area contributed by atoms with Crippen LogP contribution in [0.3, 0.4) is 0 Å². The lowest BCUT2D eigenvalue weighted by atomic mass is 10.2. The molecule has 2 heteroatoms. The van der Waals surface area contributed by atoms with E-state index in [0.717, 1.165) is 0 Å². The van der Waals surface area contributed by atoms with Crippen LogP contribution in [0.5, 0.6) is 0 Å². The Morgan fingerprint density at radius 1 is 0.688 bits per heavy atom. The van der Waals surface area contributed by atoms with Crippen molar-refractivity contribution in [2.75, 3.05) is 19.6 Å². The third-order valence-electron chi connectivity index (χ3n) is 3.07. The topological polar surface area (TPSA) is 16.5 Å². The van der Waals surface area contributed by atoms with Gasteiger partial charge in [-0.3, -0.25) is 5.01 Å². The van der Waals surface area contributed by atoms with Crippen molar-refractivity contribution >= 4 is 0 Å². The number of nitrogens with one attached hydrogen (secondary N) is 2. The molecule has 98 valence electrons. The van der Waals surface area contributed by atoms with Crippen LogP contribution in [0.2, 0.25) is 0 Å². The summed E-state index contributed by atoms with van der Waals surface area (Å²) < 4.78 is 0. The maximum absolute atomic E-state index is 3.66. The van der Waals surface area contributed by atoms with Gasteiger partial charge in [0.1, 0.15) is 0 Å². The number of hydrogen-bond donors (Lipinski definition) is 2. The van der Waals surface area contributed by atoms with E-state index in [4.69, 9.17) is 0 Å². The highest BCUT2D eigenvalue weighted by Crippen LogP contribution is 1.96. The normalized spacial score (nSPS) is 11.2. The fraction of sp³-hybridized carbons (Fsp3) is 1.00. The summed E-state index contributed by atoms with van der Waals surface area (Å²) in [5.41, 5.74) is 3.66. The van der Waals surface area contributed by atoms with Crippen LogP contribution in [0.4, 0.5) is 0 Å². The van der Waals surface area contributed by atoms with Gasteiger partial charge in [-0.15, -0.1) is 0 Å². The molecule has 0 aliphatic carbocycles. The van der Waals surface area contributed by atoms with Gasteiger partial charge in [-0.05, 0) is 19.3 Å². The lowest BCUT2D eigenvalue weighted by molar-refractivity contribution is -0.945. The first-order chi connectivity index (χ1) is 7.85. The quantitative estimate of drug-likeness (QED) is 0.388. The Balaban J connectivity index is 3.48. The lowest BCUT2D eigenvalue weighted by Crippen LogP contribution is -3.18. The zero-order valence-electron chi connectivity index (χ0n) is 11.8. The van der Waals surface area contributed by atoms with Crippen LogP contribution in [0.25, 0.3) is 0 Å². The van der Waals surface area contributed by atoms with E-state index in [9.17, 15) is 0 Å². The second-order valence-electron chi connectivity index (χ2n) is 4.80. The number of rotatable bonds is 12. The number of hydrogen-bond acceptors (Lipinski definition) is 1. The average molecular weight is 229 g/mol. The molecular formula is C14H33N2+. The second kappa shape index (κ2) is 13.0. The minimum absolute atomic E-state index is 1.20. The van der Waals surface area contributed by atoms with Crippen molar-refractivity contribution in [1.29, 1.82) is 0 Å². The smallest absolute Gasteiger partial charge is 0.0945 e. The fourth-order valence-corrected chi connectivity index (χ4v) is 1.90. The zero-order valence-corrected chi connectivity index (χ0v) is 11.8. The predicted molar refractivity (Wildman–Crippen MR) is 72.7 cm³/mol. The third-order valence-corrected chi connectivity index (χ3v) is 3.07. The van der Waals surface area contributed by atoms with E-state index in [1.54, 1.807) is 5.01 Å². The van der Waals surface area contributed by atoms with Crippen LogP contribution in [-0.4, -0.2) is 19.6 Å². The third kappa shape index (κ3) is 10.4. The minimum atomic E-state index is 1.20. The fourth-order valence-electron chi connectivity index (χ4n) is 1.90. The first-order valence-corrected chi connectivity index (χ1v) is 7.43. The predicted octanol–water partition coefficient (Wildman–Crippen LogP) is 2.56. The summed E-state index contributed by atoms with van der Waals surface area (Å²) >= 11 is 0. The van der Waals surface area contributed by atoms with Crippen LogP contribution in [0.1, 0.15) is 72.1 Å². The van der Waals surface area contributed by atoms with Gasteiger partial charge in [0, 0.05) is 6.54 Å². The molecule has 0 rings (SSSR count). The Kier molecular flexibility index (Phi) is 12.9. The molecule has 0 aliphatic heterocycles. The van der Waals surface area contributed by atoms with Crippen molar-refractivity contribution in [3.8, 4) is 0 Å². The van der Waals surface area contributed by atoms with E-state index < -0.39 is 0 Å². The van der Waals surface area contributed by atoms with Gasteiger partial charge in [-0.1, -0.05) is 52.9 Å². The summed E-state index contributed by atoms with van der Waals surface area (Å²) in [6.45, 7) is 10.6. The molecule has 0 heterocycles. The molecule has 0 aliphatic rings. The molecule has 0 aromatic carbocycles. The molecule has 0 spiro atoms. The molecule has 0 saturated heterocycles.